The number of halogens is 1. The van der Waals surface area contributed by atoms with Gasteiger partial charge in [0.25, 0.3) is 5.56 Å². The van der Waals surface area contributed by atoms with E-state index in [9.17, 15) is 14.0 Å². The molecule has 0 spiro atoms. The number of carboxylic acid groups (broad SMARTS) is 1. The minimum atomic E-state index is -0.981. The molecule has 0 aliphatic carbocycles. The van der Waals surface area contributed by atoms with Crippen molar-refractivity contribution in [2.75, 3.05) is 19.6 Å². The normalized spacial score (nSPS) is 26.6. The molecule has 1 aromatic heterocycles. The molecular formula is C22H29FN3O3+. The molecule has 1 fully saturated rings. The molecule has 1 saturated heterocycles. The second-order valence-corrected chi connectivity index (χ2v) is 9.53. The maximum absolute atomic E-state index is 14.6. The molecule has 4 rings (SSSR count). The number of nitrogens with zero attached hydrogens (tertiary/aromatic N) is 2. The summed E-state index contributed by atoms with van der Waals surface area (Å²) < 4.78 is 17.1. The number of amides is 1. The van der Waals surface area contributed by atoms with E-state index in [0.717, 1.165) is 47.9 Å². The zero-order valence-electron chi connectivity index (χ0n) is 17.2. The molecule has 2 N–H and O–H groups in total. The molecule has 7 heteroatoms. The first-order valence-corrected chi connectivity index (χ1v) is 10.3. The number of benzene rings is 1. The lowest BCUT2D eigenvalue weighted by molar-refractivity contribution is -0.976. The third kappa shape index (κ3) is 3.31. The summed E-state index contributed by atoms with van der Waals surface area (Å²) in [7, 11) is 0. The van der Waals surface area contributed by atoms with Crippen molar-refractivity contribution in [3.63, 3.8) is 0 Å². The van der Waals surface area contributed by atoms with Crippen LogP contribution in [0, 0.1) is 5.82 Å². The Morgan fingerprint density at radius 2 is 1.90 bits per heavy atom. The molecule has 0 bridgehead atoms. The van der Waals surface area contributed by atoms with Gasteiger partial charge in [-0.2, -0.15) is 0 Å². The van der Waals surface area contributed by atoms with Crippen LogP contribution in [0.3, 0.4) is 0 Å². The summed E-state index contributed by atoms with van der Waals surface area (Å²) in [6, 6.07) is 6.45. The minimum Gasteiger partial charge on any atom is -0.465 e. The lowest BCUT2D eigenvalue weighted by atomic mass is 9.91. The van der Waals surface area contributed by atoms with Crippen molar-refractivity contribution < 1.29 is 18.8 Å². The number of nitrogens with one attached hydrogen (secondary N) is 1. The Kier molecular flexibility index (Phi) is 4.69. The Hall–Kier alpha value is -2.41. The number of quaternary nitrogens is 1. The quantitative estimate of drug-likeness (QED) is 0.774. The lowest BCUT2D eigenvalue weighted by Gasteiger charge is -2.53. The summed E-state index contributed by atoms with van der Waals surface area (Å²) in [6.07, 6.45) is 1.06. The van der Waals surface area contributed by atoms with Gasteiger partial charge in [-0.15, -0.1) is 0 Å². The number of carbonyl (C=O) groups is 1. The minimum absolute atomic E-state index is 0.0366. The van der Waals surface area contributed by atoms with Gasteiger partial charge in [0.2, 0.25) is 0 Å². The van der Waals surface area contributed by atoms with E-state index in [0.29, 0.717) is 12.0 Å². The van der Waals surface area contributed by atoms with Crippen LogP contribution < -0.4 is 10.9 Å². The van der Waals surface area contributed by atoms with Crippen molar-refractivity contribution in [3.05, 3.63) is 46.0 Å². The average molecular weight is 402 g/mol. The topological polar surface area (TPSA) is 71.3 Å². The van der Waals surface area contributed by atoms with Gasteiger partial charge in [0.15, 0.2) is 0 Å². The Balaban J connectivity index is 1.68. The van der Waals surface area contributed by atoms with Crippen molar-refractivity contribution in [2.24, 2.45) is 0 Å². The lowest BCUT2D eigenvalue weighted by Crippen LogP contribution is -2.66. The predicted octanol–water partition coefficient (Wildman–Crippen LogP) is 3.28. The summed E-state index contributed by atoms with van der Waals surface area (Å²) in [6.45, 7) is 8.98. The molecule has 2 aliphatic heterocycles. The summed E-state index contributed by atoms with van der Waals surface area (Å²) in [5.41, 5.74) is 1.22. The van der Waals surface area contributed by atoms with E-state index >= 15 is 0 Å². The Labute approximate surface area is 169 Å². The fourth-order valence-corrected chi connectivity index (χ4v) is 5.34. The molecule has 0 saturated carbocycles. The van der Waals surface area contributed by atoms with Crippen LogP contribution in [0.1, 0.15) is 45.2 Å². The van der Waals surface area contributed by atoms with Crippen LogP contribution in [-0.2, 0) is 6.42 Å². The molecule has 0 radical (unpaired) electrons. The SMILES string of the molecule is CC(C)(C)[N+]1(CC2Cc3c(F)ccc4ccc(=O)n2c34)CCC(NC(=O)O)CC1. The number of piperidine rings is 1. The van der Waals surface area contributed by atoms with E-state index < -0.39 is 6.09 Å². The Bertz CT molecular complexity index is 1020. The number of hydrogen-bond acceptors (Lipinski definition) is 2. The molecule has 1 aromatic carbocycles. The van der Waals surface area contributed by atoms with Crippen molar-refractivity contribution >= 4 is 17.0 Å². The number of aromatic nitrogens is 1. The van der Waals surface area contributed by atoms with Gasteiger partial charge in [0.1, 0.15) is 12.4 Å². The van der Waals surface area contributed by atoms with Gasteiger partial charge in [0, 0.05) is 36.9 Å². The van der Waals surface area contributed by atoms with Gasteiger partial charge in [-0.05, 0) is 44.4 Å². The molecule has 1 atom stereocenters. The van der Waals surface area contributed by atoms with Crippen LogP contribution in [0.4, 0.5) is 9.18 Å². The van der Waals surface area contributed by atoms with Gasteiger partial charge >= 0.3 is 6.09 Å². The number of hydrogen-bond donors (Lipinski definition) is 2. The molecule has 2 aromatic rings. The van der Waals surface area contributed by atoms with Gasteiger partial charge in [-0.1, -0.05) is 0 Å². The van der Waals surface area contributed by atoms with Crippen LogP contribution in [0.25, 0.3) is 10.9 Å². The number of likely N-dealkylation sites (tertiary alicyclic amines) is 1. The first kappa shape index (κ1) is 19.9. The molecule has 29 heavy (non-hydrogen) atoms. The van der Waals surface area contributed by atoms with Crippen molar-refractivity contribution in [1.29, 1.82) is 0 Å². The van der Waals surface area contributed by atoms with Crippen LogP contribution in [-0.4, -0.2) is 51.5 Å². The van der Waals surface area contributed by atoms with Gasteiger partial charge < -0.3 is 14.9 Å². The summed E-state index contributed by atoms with van der Waals surface area (Å²) in [4.78, 5) is 23.8. The van der Waals surface area contributed by atoms with Crippen LogP contribution in [0.15, 0.2) is 29.1 Å². The van der Waals surface area contributed by atoms with E-state index in [1.165, 1.54) is 6.07 Å². The van der Waals surface area contributed by atoms with Crippen molar-refractivity contribution in [2.45, 2.75) is 57.7 Å². The number of rotatable bonds is 3. The molecule has 6 nitrogen and oxygen atoms in total. The molecule has 1 amide bonds. The zero-order valence-corrected chi connectivity index (χ0v) is 17.2. The Morgan fingerprint density at radius 1 is 1.24 bits per heavy atom. The van der Waals surface area contributed by atoms with E-state index in [-0.39, 0.29) is 29.0 Å². The maximum atomic E-state index is 14.6. The highest BCUT2D eigenvalue weighted by molar-refractivity contribution is 5.84. The predicted molar refractivity (Wildman–Crippen MR) is 110 cm³/mol. The molecular weight excluding hydrogens is 373 g/mol. The summed E-state index contributed by atoms with van der Waals surface area (Å²) in [5.74, 6) is -0.244. The van der Waals surface area contributed by atoms with E-state index in [1.807, 2.05) is 0 Å². The standard InChI is InChI=1S/C22H28FN3O3/c1-22(2,3)26(10-8-15(9-11-26)24-21(28)29)13-16-12-17-18(23)6-4-14-5-7-19(27)25(16)20(14)17/h4-7,15-16,24H,8-13H2,1-3H3/p+1. The third-order valence-electron chi connectivity index (χ3n) is 7.07. The molecule has 3 heterocycles. The summed E-state index contributed by atoms with van der Waals surface area (Å²) >= 11 is 0. The van der Waals surface area contributed by atoms with Crippen LogP contribution in [0.5, 0.6) is 0 Å². The number of pyridine rings is 1. The van der Waals surface area contributed by atoms with E-state index in [4.69, 9.17) is 5.11 Å². The highest BCUT2D eigenvalue weighted by atomic mass is 19.1. The van der Waals surface area contributed by atoms with Gasteiger partial charge in [0.05, 0.1) is 30.2 Å². The maximum Gasteiger partial charge on any atom is 0.404 e. The van der Waals surface area contributed by atoms with Crippen LogP contribution in [0.2, 0.25) is 0 Å². The summed E-state index contributed by atoms with van der Waals surface area (Å²) in [5, 5.41) is 12.5. The van der Waals surface area contributed by atoms with Crippen molar-refractivity contribution in [3.8, 4) is 0 Å². The van der Waals surface area contributed by atoms with Crippen molar-refractivity contribution in [1.82, 2.24) is 9.88 Å². The molecule has 2 aliphatic rings. The van der Waals surface area contributed by atoms with Gasteiger partial charge in [-0.25, -0.2) is 9.18 Å². The second kappa shape index (κ2) is 6.83. The highest BCUT2D eigenvalue weighted by Crippen LogP contribution is 2.38. The second-order valence-electron chi connectivity index (χ2n) is 9.53. The highest BCUT2D eigenvalue weighted by Gasteiger charge is 2.46. The zero-order chi connectivity index (χ0) is 21.0. The monoisotopic (exact) mass is 402 g/mol. The smallest absolute Gasteiger partial charge is 0.404 e. The fourth-order valence-electron chi connectivity index (χ4n) is 5.34. The fraction of sp³-hybridized carbons (Fsp3) is 0.545. The largest absolute Gasteiger partial charge is 0.465 e. The van der Waals surface area contributed by atoms with E-state index in [2.05, 4.69) is 26.1 Å². The van der Waals surface area contributed by atoms with Crippen LogP contribution >= 0.6 is 0 Å². The first-order valence-electron chi connectivity index (χ1n) is 10.3. The third-order valence-corrected chi connectivity index (χ3v) is 7.07. The van der Waals surface area contributed by atoms with Gasteiger partial charge in [-0.3, -0.25) is 9.36 Å². The molecule has 156 valence electrons. The first-order chi connectivity index (χ1) is 13.6. The molecule has 1 unspecified atom stereocenters. The Morgan fingerprint density at radius 3 is 2.52 bits per heavy atom. The average Bonchev–Trinajstić information content (AvgIpc) is 3.02. The van der Waals surface area contributed by atoms with E-state index in [1.54, 1.807) is 22.8 Å².